The van der Waals surface area contributed by atoms with Gasteiger partial charge in [0.2, 0.25) is 0 Å². The first kappa shape index (κ1) is 24.6. The molecule has 0 radical (unpaired) electrons. The maximum atomic E-state index is 5.90. The number of aromatic nitrogens is 1. The molecule has 0 N–H and O–H groups in total. The zero-order chi connectivity index (χ0) is 23.1. The van der Waals surface area contributed by atoms with Crippen LogP contribution in [0.5, 0.6) is 11.5 Å². The van der Waals surface area contributed by atoms with E-state index in [9.17, 15) is 0 Å². The van der Waals surface area contributed by atoms with E-state index in [2.05, 4.69) is 49.3 Å². The highest BCUT2D eigenvalue weighted by Gasteiger charge is 2.26. The number of ether oxygens (including phenoxy) is 3. The maximum absolute atomic E-state index is 5.90. The van der Waals surface area contributed by atoms with E-state index in [1.165, 1.54) is 16.0 Å². The lowest BCUT2D eigenvalue weighted by Gasteiger charge is -2.28. The van der Waals surface area contributed by atoms with Crippen LogP contribution in [0.15, 0.2) is 48.5 Å². The van der Waals surface area contributed by atoms with E-state index in [1.807, 2.05) is 36.2 Å². The van der Waals surface area contributed by atoms with Crippen molar-refractivity contribution < 1.29 is 14.2 Å². The third kappa shape index (κ3) is 6.48. The number of benzene rings is 2. The average Bonchev–Trinajstić information content (AvgIpc) is 3.13. The fourth-order valence-corrected chi connectivity index (χ4v) is 5.86. The minimum Gasteiger partial charge on any atom is -0.497 e. The Labute approximate surface area is 199 Å². The van der Waals surface area contributed by atoms with Crippen molar-refractivity contribution in [2.45, 2.75) is 45.2 Å². The molecular formula is C25H32N2O3S2. The monoisotopic (exact) mass is 472 g/mol. The molecule has 3 aromatic rings. The molecule has 0 aliphatic carbocycles. The topological polar surface area (TPSA) is 43.8 Å². The van der Waals surface area contributed by atoms with Crippen LogP contribution in [-0.4, -0.2) is 35.9 Å². The molecular weight excluding hydrogens is 440 g/mol. The molecule has 2 atom stereocenters. The molecule has 32 heavy (non-hydrogen) atoms. The van der Waals surface area contributed by atoms with Crippen molar-refractivity contribution in [1.29, 1.82) is 0 Å². The van der Waals surface area contributed by atoms with Crippen molar-refractivity contribution >= 4 is 23.3 Å². The normalized spacial score (nSPS) is 13.2. The second kappa shape index (κ2) is 11.7. The first-order valence-corrected chi connectivity index (χ1v) is 12.2. The zero-order valence-electron chi connectivity index (χ0n) is 19.6. The molecule has 2 unspecified atom stereocenters. The molecule has 0 amide bonds. The molecule has 0 aliphatic heterocycles. The highest BCUT2D eigenvalue weighted by molar-refractivity contribution is 7.97. The van der Waals surface area contributed by atoms with E-state index < -0.39 is 0 Å². The lowest BCUT2D eigenvalue weighted by atomic mass is 10.2. The summed E-state index contributed by atoms with van der Waals surface area (Å²) in [5, 5.41) is 1.23. The minimum atomic E-state index is -0.0633. The van der Waals surface area contributed by atoms with E-state index >= 15 is 0 Å². The van der Waals surface area contributed by atoms with Gasteiger partial charge in [0.05, 0.1) is 19.9 Å². The van der Waals surface area contributed by atoms with Crippen molar-refractivity contribution in [2.24, 2.45) is 0 Å². The van der Waals surface area contributed by atoms with E-state index in [0.29, 0.717) is 0 Å². The summed E-state index contributed by atoms with van der Waals surface area (Å²) in [5.41, 5.74) is 3.54. The Morgan fingerprint density at radius 3 is 1.75 bits per heavy atom. The lowest BCUT2D eigenvalue weighted by molar-refractivity contribution is 0.103. The first-order valence-electron chi connectivity index (χ1n) is 10.6. The van der Waals surface area contributed by atoms with Gasteiger partial charge in [-0.2, -0.15) is 0 Å². The molecule has 1 heterocycles. The van der Waals surface area contributed by atoms with Crippen LogP contribution in [0.2, 0.25) is 0 Å². The summed E-state index contributed by atoms with van der Waals surface area (Å²) >= 11 is 3.53. The standard InChI is InChI=1S/C25H32N2O3S2/c1-17-18(2)31-25(26-17)24(30-6)19(3)32-27(15-20-7-11-22(28-4)12-8-20)16-21-9-13-23(29-5)14-10-21/h7-14,19,24H,15-16H2,1-6H3. The zero-order valence-corrected chi connectivity index (χ0v) is 21.3. The molecule has 0 saturated heterocycles. The largest absolute Gasteiger partial charge is 0.497 e. The van der Waals surface area contributed by atoms with Crippen LogP contribution >= 0.6 is 23.3 Å². The first-order chi connectivity index (χ1) is 15.4. The molecule has 2 aromatic carbocycles. The van der Waals surface area contributed by atoms with Gasteiger partial charge in [0.1, 0.15) is 22.6 Å². The van der Waals surface area contributed by atoms with Gasteiger partial charge in [-0.15, -0.1) is 11.3 Å². The maximum Gasteiger partial charge on any atom is 0.123 e. The van der Waals surface area contributed by atoms with Crippen molar-refractivity contribution in [3.8, 4) is 11.5 Å². The van der Waals surface area contributed by atoms with Crippen LogP contribution in [0.1, 0.15) is 39.7 Å². The fourth-order valence-electron chi connectivity index (χ4n) is 3.40. The van der Waals surface area contributed by atoms with Crippen LogP contribution in [-0.2, 0) is 17.8 Å². The molecule has 0 fully saturated rings. The Morgan fingerprint density at radius 1 is 0.875 bits per heavy atom. The van der Waals surface area contributed by atoms with E-state index in [-0.39, 0.29) is 11.4 Å². The number of nitrogens with zero attached hydrogens (tertiary/aromatic N) is 2. The van der Waals surface area contributed by atoms with Gasteiger partial charge in [-0.1, -0.05) is 36.2 Å². The Bertz CT molecular complexity index is 905. The Hall–Kier alpha value is -2.06. The van der Waals surface area contributed by atoms with Crippen molar-refractivity contribution in [2.75, 3.05) is 21.3 Å². The average molecular weight is 473 g/mol. The van der Waals surface area contributed by atoms with Gasteiger partial charge in [-0.3, -0.25) is 0 Å². The number of thiazole rings is 1. The second-order valence-corrected chi connectivity index (χ2v) is 10.4. The van der Waals surface area contributed by atoms with Gasteiger partial charge in [0, 0.05) is 30.3 Å². The van der Waals surface area contributed by atoms with Crippen LogP contribution in [0, 0.1) is 13.8 Å². The highest BCUT2D eigenvalue weighted by Crippen LogP contribution is 2.36. The van der Waals surface area contributed by atoms with Gasteiger partial charge in [0.25, 0.3) is 0 Å². The quantitative estimate of drug-likeness (QED) is 0.309. The highest BCUT2D eigenvalue weighted by atomic mass is 32.2. The summed E-state index contributed by atoms with van der Waals surface area (Å²) < 4.78 is 18.9. The van der Waals surface area contributed by atoms with Crippen molar-refractivity contribution in [3.05, 3.63) is 75.2 Å². The number of aryl methyl sites for hydroxylation is 2. The molecule has 5 nitrogen and oxygen atoms in total. The molecule has 0 saturated carbocycles. The molecule has 172 valence electrons. The molecule has 0 spiro atoms. The summed E-state index contributed by atoms with van der Waals surface area (Å²) in [5.74, 6) is 1.73. The summed E-state index contributed by atoms with van der Waals surface area (Å²) in [4.78, 5) is 5.99. The van der Waals surface area contributed by atoms with Gasteiger partial charge in [-0.25, -0.2) is 9.29 Å². The van der Waals surface area contributed by atoms with Crippen LogP contribution in [0.4, 0.5) is 0 Å². The third-order valence-corrected chi connectivity index (χ3v) is 7.59. The number of methoxy groups -OCH3 is 3. The van der Waals surface area contributed by atoms with Gasteiger partial charge in [-0.05, 0) is 56.2 Å². The summed E-state index contributed by atoms with van der Waals surface area (Å²) in [6, 6.07) is 16.5. The molecule has 0 aliphatic rings. The predicted octanol–water partition coefficient (Wildman–Crippen LogP) is 6.20. The minimum absolute atomic E-state index is 0.0633. The molecule has 3 rings (SSSR count). The van der Waals surface area contributed by atoms with Gasteiger partial charge < -0.3 is 14.2 Å². The van der Waals surface area contributed by atoms with E-state index in [4.69, 9.17) is 19.2 Å². The van der Waals surface area contributed by atoms with Crippen molar-refractivity contribution in [3.63, 3.8) is 0 Å². The van der Waals surface area contributed by atoms with Crippen LogP contribution in [0.3, 0.4) is 0 Å². The van der Waals surface area contributed by atoms with Crippen LogP contribution in [0.25, 0.3) is 0 Å². The Kier molecular flexibility index (Phi) is 8.99. The molecule has 0 bridgehead atoms. The smallest absolute Gasteiger partial charge is 0.123 e. The molecule has 7 heteroatoms. The van der Waals surface area contributed by atoms with Gasteiger partial charge >= 0.3 is 0 Å². The number of hydrogen-bond donors (Lipinski definition) is 0. The second-order valence-electron chi connectivity index (χ2n) is 7.65. The van der Waals surface area contributed by atoms with Crippen molar-refractivity contribution in [1.82, 2.24) is 9.29 Å². The number of rotatable bonds is 11. The fraction of sp³-hybridized carbons (Fsp3) is 0.400. The van der Waals surface area contributed by atoms with Gasteiger partial charge in [0.15, 0.2) is 0 Å². The SMILES string of the molecule is COc1ccc(CN(Cc2ccc(OC)cc2)SC(C)C(OC)c2nc(C)c(C)s2)cc1. The number of hydrogen-bond acceptors (Lipinski definition) is 7. The Balaban J connectivity index is 1.78. The summed E-state index contributed by atoms with van der Waals surface area (Å²) in [6.45, 7) is 7.98. The molecule has 1 aromatic heterocycles. The summed E-state index contributed by atoms with van der Waals surface area (Å²) in [6.07, 6.45) is -0.0633. The Morgan fingerprint density at radius 2 is 1.38 bits per heavy atom. The van der Waals surface area contributed by atoms with Crippen LogP contribution < -0.4 is 9.47 Å². The summed E-state index contributed by atoms with van der Waals surface area (Å²) in [7, 11) is 5.15. The predicted molar refractivity (Wildman–Crippen MR) is 134 cm³/mol. The lowest BCUT2D eigenvalue weighted by Crippen LogP contribution is -2.23. The van der Waals surface area contributed by atoms with E-state index in [1.54, 1.807) is 32.7 Å². The third-order valence-electron chi connectivity index (χ3n) is 5.32. The van der Waals surface area contributed by atoms with E-state index in [0.717, 1.165) is 35.3 Å².